The van der Waals surface area contributed by atoms with Gasteiger partial charge >= 0.3 is 5.69 Å². The lowest BCUT2D eigenvalue weighted by Gasteiger charge is -2.18. The Kier molecular flexibility index (Phi) is 4.47. The zero-order valence-electron chi connectivity index (χ0n) is 12.5. The fraction of sp³-hybridized carbons (Fsp3) is 0.467. The number of imidazole rings is 1. The molecule has 0 unspecified atom stereocenters. The van der Waals surface area contributed by atoms with Gasteiger partial charge in [-0.2, -0.15) is 0 Å². The number of nitrogens with one attached hydrogen (secondary N) is 3. The van der Waals surface area contributed by atoms with Crippen LogP contribution in [-0.2, 0) is 11.2 Å². The highest BCUT2D eigenvalue weighted by Crippen LogP contribution is 2.12. The first-order valence-corrected chi connectivity index (χ1v) is 7.10. The Bertz CT molecular complexity index is 679. The van der Waals surface area contributed by atoms with Gasteiger partial charge in [0.2, 0.25) is 5.91 Å². The molecule has 0 saturated carbocycles. The quantitative estimate of drug-likeness (QED) is 0.638. The first-order valence-electron chi connectivity index (χ1n) is 7.10. The molecule has 0 atom stereocenters. The van der Waals surface area contributed by atoms with E-state index >= 15 is 0 Å². The summed E-state index contributed by atoms with van der Waals surface area (Å²) in [5.74, 6) is 0.0182. The Morgan fingerprint density at radius 1 is 1.29 bits per heavy atom. The van der Waals surface area contributed by atoms with Gasteiger partial charge in [0, 0.05) is 18.5 Å². The van der Waals surface area contributed by atoms with Crippen molar-refractivity contribution in [3.63, 3.8) is 0 Å². The van der Waals surface area contributed by atoms with Gasteiger partial charge in [0.1, 0.15) is 0 Å². The lowest BCUT2D eigenvalue weighted by molar-refractivity contribution is -0.121. The summed E-state index contributed by atoms with van der Waals surface area (Å²) in [5.41, 5.74) is 7.92. The molecular formula is C15H22N4O2. The predicted octanol–water partition coefficient (Wildman–Crippen LogP) is 1.03. The van der Waals surface area contributed by atoms with Crippen molar-refractivity contribution in [1.82, 2.24) is 15.3 Å². The first kappa shape index (κ1) is 15.3. The highest BCUT2D eigenvalue weighted by Gasteiger charge is 2.11. The fourth-order valence-electron chi connectivity index (χ4n) is 2.10. The van der Waals surface area contributed by atoms with Gasteiger partial charge in [0.25, 0.3) is 0 Å². The van der Waals surface area contributed by atoms with Crippen LogP contribution in [-0.4, -0.2) is 28.0 Å². The zero-order valence-corrected chi connectivity index (χ0v) is 12.5. The van der Waals surface area contributed by atoms with Crippen LogP contribution >= 0.6 is 0 Å². The van der Waals surface area contributed by atoms with Gasteiger partial charge in [-0.3, -0.25) is 4.79 Å². The van der Waals surface area contributed by atoms with E-state index in [-0.39, 0.29) is 17.1 Å². The summed E-state index contributed by atoms with van der Waals surface area (Å²) in [6, 6.07) is 5.78. The number of carbonyl (C=O) groups excluding carboxylic acids is 1. The number of rotatable bonds is 6. The molecule has 2 aromatic rings. The molecule has 5 N–H and O–H groups in total. The molecule has 0 aliphatic heterocycles. The maximum absolute atomic E-state index is 11.7. The van der Waals surface area contributed by atoms with Crippen molar-refractivity contribution in [3.8, 4) is 0 Å². The molecule has 0 radical (unpaired) electrons. The van der Waals surface area contributed by atoms with Crippen LogP contribution in [0.1, 0.15) is 32.3 Å². The van der Waals surface area contributed by atoms with Gasteiger partial charge in [-0.25, -0.2) is 4.79 Å². The first-order chi connectivity index (χ1) is 9.83. The van der Waals surface area contributed by atoms with E-state index in [1.54, 1.807) is 0 Å². The van der Waals surface area contributed by atoms with Crippen LogP contribution in [0, 0.1) is 0 Å². The van der Waals surface area contributed by atoms with Gasteiger partial charge in [-0.1, -0.05) is 6.07 Å². The Morgan fingerprint density at radius 3 is 2.71 bits per heavy atom. The van der Waals surface area contributed by atoms with Crippen LogP contribution in [0.4, 0.5) is 0 Å². The maximum atomic E-state index is 11.7. The van der Waals surface area contributed by atoms with Crippen molar-refractivity contribution >= 4 is 16.9 Å². The van der Waals surface area contributed by atoms with E-state index in [2.05, 4.69) is 15.3 Å². The minimum atomic E-state index is -0.388. The number of fused-ring (bicyclic) bond motifs is 1. The van der Waals surface area contributed by atoms with Crippen molar-refractivity contribution in [2.24, 2.45) is 5.73 Å². The summed E-state index contributed by atoms with van der Waals surface area (Å²) >= 11 is 0. The monoisotopic (exact) mass is 290 g/mol. The second-order valence-corrected chi connectivity index (χ2v) is 6.08. The molecule has 0 aliphatic rings. The molecule has 6 heteroatoms. The van der Waals surface area contributed by atoms with Crippen LogP contribution in [0.3, 0.4) is 0 Å². The smallest absolute Gasteiger partial charge is 0.323 e. The van der Waals surface area contributed by atoms with Crippen molar-refractivity contribution in [2.75, 3.05) is 6.54 Å². The molecular weight excluding hydrogens is 268 g/mol. The average Bonchev–Trinajstić information content (AvgIpc) is 2.75. The highest BCUT2D eigenvalue weighted by atomic mass is 16.1. The number of hydrogen-bond acceptors (Lipinski definition) is 3. The normalized spacial score (nSPS) is 11.8. The Morgan fingerprint density at radius 2 is 2.00 bits per heavy atom. The number of aromatic amines is 2. The molecule has 21 heavy (non-hydrogen) atoms. The summed E-state index contributed by atoms with van der Waals surface area (Å²) in [4.78, 5) is 28.3. The van der Waals surface area contributed by atoms with Crippen molar-refractivity contribution in [2.45, 2.75) is 38.6 Å². The van der Waals surface area contributed by atoms with Gasteiger partial charge in [-0.05, 0) is 44.4 Å². The van der Waals surface area contributed by atoms with Crippen LogP contribution in [0.15, 0.2) is 23.0 Å². The number of carbonyl (C=O) groups is 1. The third-order valence-electron chi connectivity index (χ3n) is 3.19. The summed E-state index contributed by atoms with van der Waals surface area (Å²) in [5, 5.41) is 2.83. The van der Waals surface area contributed by atoms with E-state index in [0.717, 1.165) is 29.4 Å². The van der Waals surface area contributed by atoms with Gasteiger partial charge in [0.15, 0.2) is 0 Å². The highest BCUT2D eigenvalue weighted by molar-refractivity contribution is 5.76. The number of hydrogen-bond donors (Lipinski definition) is 4. The minimum Gasteiger partial charge on any atom is -0.354 e. The number of benzene rings is 1. The molecule has 2 rings (SSSR count). The summed E-state index contributed by atoms with van der Waals surface area (Å²) in [7, 11) is 0. The molecule has 6 nitrogen and oxygen atoms in total. The molecule has 0 saturated heterocycles. The van der Waals surface area contributed by atoms with Gasteiger partial charge in [-0.15, -0.1) is 0 Å². The number of nitrogens with two attached hydrogens (primary N) is 1. The molecule has 0 spiro atoms. The Hall–Kier alpha value is -2.08. The molecule has 1 aromatic heterocycles. The lowest BCUT2D eigenvalue weighted by Crippen LogP contribution is -2.45. The Balaban J connectivity index is 1.82. The zero-order chi connectivity index (χ0) is 15.5. The number of amides is 1. The second kappa shape index (κ2) is 6.13. The maximum Gasteiger partial charge on any atom is 0.323 e. The van der Waals surface area contributed by atoms with E-state index in [1.807, 2.05) is 32.0 Å². The molecule has 0 fully saturated rings. The van der Waals surface area contributed by atoms with Gasteiger partial charge < -0.3 is 21.0 Å². The van der Waals surface area contributed by atoms with E-state index in [1.165, 1.54) is 0 Å². The molecule has 1 heterocycles. The van der Waals surface area contributed by atoms with Crippen molar-refractivity contribution in [1.29, 1.82) is 0 Å². The Labute approximate surface area is 123 Å². The third-order valence-corrected chi connectivity index (χ3v) is 3.19. The van der Waals surface area contributed by atoms with Gasteiger partial charge in [0.05, 0.1) is 11.0 Å². The largest absolute Gasteiger partial charge is 0.354 e. The second-order valence-electron chi connectivity index (χ2n) is 6.08. The van der Waals surface area contributed by atoms with Crippen LogP contribution in [0.2, 0.25) is 0 Å². The fourth-order valence-corrected chi connectivity index (χ4v) is 2.10. The topological polar surface area (TPSA) is 104 Å². The van der Waals surface area contributed by atoms with Crippen LogP contribution in [0.25, 0.3) is 11.0 Å². The van der Waals surface area contributed by atoms with Crippen molar-refractivity contribution < 1.29 is 4.79 Å². The average molecular weight is 290 g/mol. The summed E-state index contributed by atoms with van der Waals surface area (Å²) in [6.07, 6.45) is 2.03. The summed E-state index contributed by atoms with van der Waals surface area (Å²) in [6.45, 7) is 4.22. The van der Waals surface area contributed by atoms with Crippen LogP contribution in [0.5, 0.6) is 0 Å². The molecule has 1 amide bonds. The van der Waals surface area contributed by atoms with Crippen LogP contribution < -0.4 is 16.7 Å². The van der Waals surface area contributed by atoms with E-state index < -0.39 is 0 Å². The van der Waals surface area contributed by atoms with E-state index in [9.17, 15) is 9.59 Å². The number of aryl methyl sites for hydroxylation is 1. The minimum absolute atomic E-state index is 0.0182. The predicted molar refractivity (Wildman–Crippen MR) is 83.1 cm³/mol. The van der Waals surface area contributed by atoms with Crippen molar-refractivity contribution in [3.05, 3.63) is 34.2 Å². The third kappa shape index (κ3) is 4.75. The van der Waals surface area contributed by atoms with E-state index in [0.29, 0.717) is 13.0 Å². The number of aromatic nitrogens is 2. The lowest BCUT2D eigenvalue weighted by atomic mass is 10.1. The standard InChI is InChI=1S/C15H22N4O2/c1-15(2,16)9-17-13(20)5-3-4-10-6-7-11-12(8-10)19-14(21)18-11/h6-8H,3-5,9,16H2,1-2H3,(H,17,20)(H2,18,19,21). The molecule has 1 aromatic carbocycles. The SMILES string of the molecule is CC(C)(N)CNC(=O)CCCc1ccc2[nH]c(=O)[nH]c2c1. The summed E-state index contributed by atoms with van der Waals surface area (Å²) < 4.78 is 0. The van der Waals surface area contributed by atoms with E-state index in [4.69, 9.17) is 5.73 Å². The number of H-pyrrole nitrogens is 2. The molecule has 0 bridgehead atoms. The molecule has 0 aliphatic carbocycles. The molecule has 114 valence electrons.